The average molecular weight is 338 g/mol. The van der Waals surface area contributed by atoms with Crippen LogP contribution in [0.25, 0.3) is 11.5 Å². The number of aromatic nitrogens is 2. The minimum Gasteiger partial charge on any atom is -0.461 e. The van der Waals surface area contributed by atoms with Crippen LogP contribution in [0.3, 0.4) is 0 Å². The molecule has 0 bridgehead atoms. The van der Waals surface area contributed by atoms with E-state index < -0.39 is 0 Å². The molecule has 0 spiro atoms. The van der Waals surface area contributed by atoms with E-state index in [9.17, 15) is 0 Å². The first kappa shape index (κ1) is 15.0. The van der Waals surface area contributed by atoms with E-state index in [4.69, 9.17) is 4.42 Å². The molecule has 0 aromatic carbocycles. The molecular weight excluding hydrogens is 318 g/mol. The molecule has 0 aliphatic rings. The molecule has 0 fully saturated rings. The van der Waals surface area contributed by atoms with Gasteiger partial charge in [0.05, 0.1) is 10.7 Å². The van der Waals surface area contributed by atoms with Crippen molar-refractivity contribution in [2.75, 3.05) is 11.9 Å². The summed E-state index contributed by atoms with van der Waals surface area (Å²) in [5, 5.41) is 3.37. The number of rotatable bonds is 5. The highest BCUT2D eigenvalue weighted by atomic mass is 79.9. The first-order valence-electron chi connectivity index (χ1n) is 6.90. The van der Waals surface area contributed by atoms with Gasteiger partial charge in [0.1, 0.15) is 17.3 Å². The van der Waals surface area contributed by atoms with Crippen molar-refractivity contribution < 1.29 is 4.42 Å². The Morgan fingerprint density at radius 1 is 1.35 bits per heavy atom. The maximum Gasteiger partial charge on any atom is 0.166 e. The number of anilines is 1. The lowest BCUT2D eigenvalue weighted by Gasteiger charge is -2.14. The first-order chi connectivity index (χ1) is 9.54. The van der Waals surface area contributed by atoms with Crippen LogP contribution < -0.4 is 5.32 Å². The molecule has 4 nitrogen and oxygen atoms in total. The van der Waals surface area contributed by atoms with E-state index in [2.05, 4.69) is 52.0 Å². The standard InChI is InChI=1S/C15H20BrN3O/c1-5-7-17-15-10(4)12(13-11(16)6-8-20-13)18-14(19-15)9(2)3/h6,8-9H,5,7H2,1-4H3,(H,17,18,19). The molecule has 2 aromatic heterocycles. The lowest BCUT2D eigenvalue weighted by Crippen LogP contribution is -2.09. The van der Waals surface area contributed by atoms with Crippen LogP contribution >= 0.6 is 15.9 Å². The third kappa shape index (κ3) is 3.03. The van der Waals surface area contributed by atoms with Gasteiger partial charge in [0.25, 0.3) is 0 Å². The Hall–Kier alpha value is -1.36. The van der Waals surface area contributed by atoms with Gasteiger partial charge in [-0.25, -0.2) is 9.97 Å². The highest BCUT2D eigenvalue weighted by Gasteiger charge is 2.18. The van der Waals surface area contributed by atoms with Crippen molar-refractivity contribution in [1.82, 2.24) is 9.97 Å². The third-order valence-electron chi connectivity index (χ3n) is 3.05. The Labute approximate surface area is 128 Å². The van der Waals surface area contributed by atoms with Gasteiger partial charge in [-0.2, -0.15) is 0 Å². The molecule has 5 heteroatoms. The largest absolute Gasteiger partial charge is 0.461 e. The zero-order valence-corrected chi connectivity index (χ0v) is 13.9. The normalized spacial score (nSPS) is 11.1. The van der Waals surface area contributed by atoms with Crippen molar-refractivity contribution in [3.8, 4) is 11.5 Å². The highest BCUT2D eigenvalue weighted by molar-refractivity contribution is 9.10. The van der Waals surface area contributed by atoms with Crippen LogP contribution in [-0.4, -0.2) is 16.5 Å². The van der Waals surface area contributed by atoms with Gasteiger partial charge in [-0.1, -0.05) is 20.8 Å². The van der Waals surface area contributed by atoms with Gasteiger partial charge in [-0.05, 0) is 35.3 Å². The fourth-order valence-electron chi connectivity index (χ4n) is 1.89. The second-order valence-corrected chi connectivity index (χ2v) is 5.94. The van der Waals surface area contributed by atoms with Gasteiger partial charge in [-0.3, -0.25) is 0 Å². The van der Waals surface area contributed by atoms with Crippen molar-refractivity contribution >= 4 is 21.7 Å². The second-order valence-electron chi connectivity index (χ2n) is 5.08. The van der Waals surface area contributed by atoms with Gasteiger partial charge in [-0.15, -0.1) is 0 Å². The van der Waals surface area contributed by atoms with E-state index in [0.717, 1.165) is 46.1 Å². The van der Waals surface area contributed by atoms with Crippen molar-refractivity contribution in [3.63, 3.8) is 0 Å². The van der Waals surface area contributed by atoms with Crippen molar-refractivity contribution in [2.24, 2.45) is 0 Å². The molecule has 108 valence electrons. The summed E-state index contributed by atoms with van der Waals surface area (Å²) in [6.07, 6.45) is 2.72. The number of nitrogens with zero attached hydrogens (tertiary/aromatic N) is 2. The fraction of sp³-hybridized carbons (Fsp3) is 0.467. The molecule has 0 amide bonds. The minimum atomic E-state index is 0.269. The maximum atomic E-state index is 5.56. The molecule has 1 N–H and O–H groups in total. The van der Waals surface area contributed by atoms with Gasteiger partial charge < -0.3 is 9.73 Å². The number of halogens is 1. The summed E-state index contributed by atoms with van der Waals surface area (Å²) in [4.78, 5) is 9.30. The van der Waals surface area contributed by atoms with Crippen LogP contribution in [0, 0.1) is 6.92 Å². The summed E-state index contributed by atoms with van der Waals surface area (Å²) in [6.45, 7) is 9.24. The van der Waals surface area contributed by atoms with E-state index in [1.54, 1.807) is 6.26 Å². The van der Waals surface area contributed by atoms with Crippen LogP contribution in [0.1, 0.15) is 44.5 Å². The molecular formula is C15H20BrN3O. The number of nitrogens with one attached hydrogen (secondary N) is 1. The van der Waals surface area contributed by atoms with E-state index >= 15 is 0 Å². The lowest BCUT2D eigenvalue weighted by atomic mass is 10.1. The summed E-state index contributed by atoms with van der Waals surface area (Å²) in [5.41, 5.74) is 1.86. The Bertz CT molecular complexity index is 593. The van der Waals surface area contributed by atoms with Crippen LogP contribution in [0.15, 0.2) is 21.2 Å². The van der Waals surface area contributed by atoms with Gasteiger partial charge in [0, 0.05) is 18.0 Å². The predicted octanol–water partition coefficient (Wildman–Crippen LogP) is 4.75. The molecule has 2 heterocycles. The summed E-state index contributed by atoms with van der Waals surface area (Å²) in [6, 6.07) is 1.88. The molecule has 0 unspecified atom stereocenters. The van der Waals surface area contributed by atoms with Crippen LogP contribution in [0.5, 0.6) is 0 Å². The lowest BCUT2D eigenvalue weighted by molar-refractivity contribution is 0.577. The summed E-state index contributed by atoms with van der Waals surface area (Å²) < 4.78 is 6.47. The molecule has 0 aliphatic heterocycles. The molecule has 0 atom stereocenters. The quantitative estimate of drug-likeness (QED) is 0.854. The Balaban J connectivity index is 2.55. The second kappa shape index (κ2) is 6.39. The number of hydrogen-bond acceptors (Lipinski definition) is 4. The van der Waals surface area contributed by atoms with Gasteiger partial charge in [0.2, 0.25) is 0 Å². The average Bonchev–Trinajstić information content (AvgIpc) is 2.83. The van der Waals surface area contributed by atoms with Crippen LogP contribution in [-0.2, 0) is 0 Å². The van der Waals surface area contributed by atoms with E-state index in [1.807, 2.05) is 13.0 Å². The molecule has 0 saturated heterocycles. The molecule has 2 rings (SSSR count). The Morgan fingerprint density at radius 3 is 2.65 bits per heavy atom. The zero-order valence-electron chi connectivity index (χ0n) is 12.3. The Morgan fingerprint density at radius 2 is 2.10 bits per heavy atom. The third-order valence-corrected chi connectivity index (χ3v) is 3.68. The van der Waals surface area contributed by atoms with E-state index in [1.165, 1.54) is 0 Å². The van der Waals surface area contributed by atoms with Gasteiger partial charge in [0.15, 0.2) is 5.76 Å². The molecule has 0 aliphatic carbocycles. The fourth-order valence-corrected chi connectivity index (χ4v) is 2.28. The monoisotopic (exact) mass is 337 g/mol. The Kier molecular flexibility index (Phi) is 4.81. The molecule has 2 aromatic rings. The van der Waals surface area contributed by atoms with Crippen LogP contribution in [0.2, 0.25) is 0 Å². The van der Waals surface area contributed by atoms with Crippen molar-refractivity contribution in [2.45, 2.75) is 40.0 Å². The molecule has 20 heavy (non-hydrogen) atoms. The topological polar surface area (TPSA) is 51.0 Å². The van der Waals surface area contributed by atoms with E-state index in [-0.39, 0.29) is 5.92 Å². The van der Waals surface area contributed by atoms with Crippen molar-refractivity contribution in [1.29, 1.82) is 0 Å². The number of furan rings is 1. The van der Waals surface area contributed by atoms with Crippen LogP contribution in [0.4, 0.5) is 5.82 Å². The minimum absolute atomic E-state index is 0.269. The van der Waals surface area contributed by atoms with Crippen molar-refractivity contribution in [3.05, 3.63) is 28.2 Å². The first-order valence-corrected chi connectivity index (χ1v) is 7.69. The summed E-state index contributed by atoms with van der Waals surface area (Å²) in [7, 11) is 0. The summed E-state index contributed by atoms with van der Waals surface area (Å²) >= 11 is 3.50. The van der Waals surface area contributed by atoms with E-state index in [0.29, 0.717) is 0 Å². The van der Waals surface area contributed by atoms with Gasteiger partial charge >= 0.3 is 0 Å². The molecule has 0 radical (unpaired) electrons. The zero-order chi connectivity index (χ0) is 14.7. The summed E-state index contributed by atoms with van der Waals surface area (Å²) in [5.74, 6) is 2.74. The maximum absolute atomic E-state index is 5.56. The highest BCUT2D eigenvalue weighted by Crippen LogP contribution is 2.33. The smallest absolute Gasteiger partial charge is 0.166 e. The number of hydrogen-bond donors (Lipinski definition) is 1. The predicted molar refractivity (Wildman–Crippen MR) is 85.0 cm³/mol. The molecule has 0 saturated carbocycles. The SMILES string of the molecule is CCCNc1nc(C(C)C)nc(-c2occc2Br)c1C.